The van der Waals surface area contributed by atoms with Gasteiger partial charge in [-0.3, -0.25) is 0 Å². The molecule has 7 heteroatoms. The molecule has 1 aromatic carbocycles. The zero-order chi connectivity index (χ0) is 15.6. The largest absolute Gasteiger partial charge is 0.465 e. The summed E-state index contributed by atoms with van der Waals surface area (Å²) in [5.74, 6) is 1.29. The highest BCUT2D eigenvalue weighted by Crippen LogP contribution is 2.19. The maximum Gasteiger partial charge on any atom is 0.241 e. The van der Waals surface area contributed by atoms with Crippen LogP contribution < -0.4 is 10.5 Å². The molecule has 0 aliphatic heterocycles. The molecule has 1 unspecified atom stereocenters. The first-order chi connectivity index (χ1) is 9.79. The SMILES string of the molecule is Cc1ccc(C(C)NS(=O)(=O)c2cccc(C(N)=S)c2)o1. The van der Waals surface area contributed by atoms with Crippen LogP contribution in [0.25, 0.3) is 0 Å². The van der Waals surface area contributed by atoms with Crippen molar-refractivity contribution in [3.63, 3.8) is 0 Å². The highest BCUT2D eigenvalue weighted by atomic mass is 32.2. The normalized spacial score (nSPS) is 13.0. The Labute approximate surface area is 129 Å². The Morgan fingerprint density at radius 1 is 1.33 bits per heavy atom. The molecule has 2 aromatic rings. The Kier molecular flexibility index (Phi) is 4.46. The molecule has 0 saturated carbocycles. The third kappa shape index (κ3) is 3.69. The summed E-state index contributed by atoms with van der Waals surface area (Å²) in [7, 11) is -3.68. The van der Waals surface area contributed by atoms with Crippen molar-refractivity contribution in [3.05, 3.63) is 53.5 Å². The van der Waals surface area contributed by atoms with Crippen molar-refractivity contribution in [2.45, 2.75) is 24.8 Å². The van der Waals surface area contributed by atoms with Crippen molar-refractivity contribution in [3.8, 4) is 0 Å². The van der Waals surface area contributed by atoms with Gasteiger partial charge in [-0.1, -0.05) is 24.4 Å². The Hall–Kier alpha value is -1.70. The molecule has 0 saturated heterocycles. The molecular formula is C14H16N2O3S2. The summed E-state index contributed by atoms with van der Waals surface area (Å²) in [6.07, 6.45) is 0. The van der Waals surface area contributed by atoms with E-state index in [4.69, 9.17) is 22.4 Å². The van der Waals surface area contributed by atoms with E-state index in [-0.39, 0.29) is 9.88 Å². The van der Waals surface area contributed by atoms with E-state index in [2.05, 4.69) is 4.72 Å². The summed E-state index contributed by atoms with van der Waals surface area (Å²) in [5, 5.41) is 0. The lowest BCUT2D eigenvalue weighted by atomic mass is 10.2. The van der Waals surface area contributed by atoms with Crippen LogP contribution in [0, 0.1) is 6.92 Å². The monoisotopic (exact) mass is 324 g/mol. The molecule has 2 rings (SSSR count). The topological polar surface area (TPSA) is 85.3 Å². The van der Waals surface area contributed by atoms with E-state index in [0.29, 0.717) is 11.3 Å². The van der Waals surface area contributed by atoms with Gasteiger partial charge in [-0.25, -0.2) is 13.1 Å². The number of nitrogens with two attached hydrogens (primary N) is 1. The van der Waals surface area contributed by atoms with Crippen LogP contribution in [0.5, 0.6) is 0 Å². The van der Waals surface area contributed by atoms with Crippen molar-refractivity contribution in [1.29, 1.82) is 0 Å². The smallest absolute Gasteiger partial charge is 0.241 e. The molecule has 3 N–H and O–H groups in total. The van der Waals surface area contributed by atoms with Gasteiger partial charge in [-0.15, -0.1) is 0 Å². The van der Waals surface area contributed by atoms with Gasteiger partial charge < -0.3 is 10.2 Å². The van der Waals surface area contributed by atoms with E-state index >= 15 is 0 Å². The predicted octanol–water partition coefficient (Wildman–Crippen LogP) is 2.26. The number of thiocarbonyl (C=S) groups is 1. The molecule has 0 spiro atoms. The van der Waals surface area contributed by atoms with E-state index in [1.165, 1.54) is 12.1 Å². The van der Waals surface area contributed by atoms with Gasteiger partial charge in [0.1, 0.15) is 16.5 Å². The van der Waals surface area contributed by atoms with Gasteiger partial charge in [0, 0.05) is 5.56 Å². The Balaban J connectivity index is 2.26. The minimum Gasteiger partial charge on any atom is -0.465 e. The second-order valence-corrected chi connectivity index (χ2v) is 6.84. The standard InChI is InChI=1S/C14H16N2O3S2/c1-9-6-7-13(19-9)10(2)16-21(17,18)12-5-3-4-11(8-12)14(15)20/h3-8,10,16H,1-2H3,(H2,15,20). The number of sulfonamides is 1. The summed E-state index contributed by atoms with van der Waals surface area (Å²) in [6, 6.07) is 9.26. The molecule has 0 radical (unpaired) electrons. The fraction of sp³-hybridized carbons (Fsp3) is 0.214. The molecular weight excluding hydrogens is 308 g/mol. The van der Waals surface area contributed by atoms with E-state index in [1.54, 1.807) is 38.1 Å². The number of furan rings is 1. The maximum absolute atomic E-state index is 12.4. The van der Waals surface area contributed by atoms with Crippen molar-refractivity contribution >= 4 is 27.2 Å². The third-order valence-electron chi connectivity index (χ3n) is 2.95. The van der Waals surface area contributed by atoms with Gasteiger partial charge in [-0.2, -0.15) is 0 Å². The molecule has 1 atom stereocenters. The number of benzene rings is 1. The molecule has 5 nitrogen and oxygen atoms in total. The van der Waals surface area contributed by atoms with Crippen molar-refractivity contribution in [1.82, 2.24) is 4.72 Å². The highest BCUT2D eigenvalue weighted by Gasteiger charge is 2.20. The fourth-order valence-electron chi connectivity index (χ4n) is 1.86. The van der Waals surface area contributed by atoms with Crippen LogP contribution in [-0.4, -0.2) is 13.4 Å². The highest BCUT2D eigenvalue weighted by molar-refractivity contribution is 7.89. The average Bonchev–Trinajstić information content (AvgIpc) is 2.85. The van der Waals surface area contributed by atoms with E-state index in [0.717, 1.165) is 5.76 Å². The van der Waals surface area contributed by atoms with Gasteiger partial charge in [0.15, 0.2) is 0 Å². The van der Waals surface area contributed by atoms with Crippen molar-refractivity contribution < 1.29 is 12.8 Å². The van der Waals surface area contributed by atoms with Gasteiger partial charge in [0.2, 0.25) is 10.0 Å². The number of aryl methyl sites for hydroxylation is 1. The average molecular weight is 324 g/mol. The van der Waals surface area contributed by atoms with E-state index < -0.39 is 16.1 Å². The summed E-state index contributed by atoms with van der Waals surface area (Å²) in [4.78, 5) is 0.268. The Morgan fingerprint density at radius 2 is 2.05 bits per heavy atom. The molecule has 0 aliphatic rings. The summed E-state index contributed by atoms with van der Waals surface area (Å²) >= 11 is 4.86. The first-order valence-electron chi connectivity index (χ1n) is 6.28. The number of hydrogen-bond acceptors (Lipinski definition) is 4. The first kappa shape index (κ1) is 15.7. The summed E-state index contributed by atoms with van der Waals surface area (Å²) in [6.45, 7) is 3.52. The zero-order valence-corrected chi connectivity index (χ0v) is 13.3. The molecule has 0 bridgehead atoms. The van der Waals surface area contributed by atoms with Crippen molar-refractivity contribution in [2.24, 2.45) is 5.73 Å². The van der Waals surface area contributed by atoms with Gasteiger partial charge in [-0.05, 0) is 38.1 Å². The van der Waals surface area contributed by atoms with E-state index in [9.17, 15) is 8.42 Å². The summed E-state index contributed by atoms with van der Waals surface area (Å²) < 4.78 is 32.7. The van der Waals surface area contributed by atoms with Crippen LogP contribution in [0.15, 0.2) is 45.7 Å². The van der Waals surface area contributed by atoms with Gasteiger partial charge in [0.25, 0.3) is 0 Å². The van der Waals surface area contributed by atoms with Crippen LogP contribution in [0.2, 0.25) is 0 Å². The quantitative estimate of drug-likeness (QED) is 0.824. The lowest BCUT2D eigenvalue weighted by Gasteiger charge is -2.12. The minimum atomic E-state index is -3.68. The van der Waals surface area contributed by atoms with Crippen LogP contribution in [-0.2, 0) is 10.0 Å². The lowest BCUT2D eigenvalue weighted by molar-refractivity contribution is 0.441. The molecule has 0 aliphatic carbocycles. The maximum atomic E-state index is 12.4. The molecule has 21 heavy (non-hydrogen) atoms. The second-order valence-electron chi connectivity index (χ2n) is 4.68. The fourth-order valence-corrected chi connectivity index (χ4v) is 3.25. The third-order valence-corrected chi connectivity index (χ3v) is 4.72. The van der Waals surface area contributed by atoms with Crippen LogP contribution in [0.4, 0.5) is 0 Å². The lowest BCUT2D eigenvalue weighted by Crippen LogP contribution is -2.27. The van der Waals surface area contributed by atoms with Crippen LogP contribution in [0.1, 0.15) is 30.0 Å². The molecule has 1 heterocycles. The number of rotatable bonds is 5. The Bertz CT molecular complexity index is 766. The van der Waals surface area contributed by atoms with Gasteiger partial charge >= 0.3 is 0 Å². The molecule has 1 aromatic heterocycles. The molecule has 0 fully saturated rings. The minimum absolute atomic E-state index is 0.114. The molecule has 0 amide bonds. The van der Waals surface area contributed by atoms with Crippen LogP contribution >= 0.6 is 12.2 Å². The molecule has 112 valence electrons. The first-order valence-corrected chi connectivity index (χ1v) is 8.17. The second kappa shape index (κ2) is 5.97. The zero-order valence-electron chi connectivity index (χ0n) is 11.7. The van der Waals surface area contributed by atoms with Crippen LogP contribution in [0.3, 0.4) is 0 Å². The van der Waals surface area contributed by atoms with E-state index in [1.807, 2.05) is 0 Å². The Morgan fingerprint density at radius 3 is 2.62 bits per heavy atom. The van der Waals surface area contributed by atoms with Crippen molar-refractivity contribution in [2.75, 3.05) is 0 Å². The summed E-state index contributed by atoms with van der Waals surface area (Å²) in [5.41, 5.74) is 6.03. The number of hydrogen-bond donors (Lipinski definition) is 2. The number of nitrogens with one attached hydrogen (secondary N) is 1. The predicted molar refractivity (Wildman–Crippen MR) is 84.5 cm³/mol. The van der Waals surface area contributed by atoms with Gasteiger partial charge in [0.05, 0.1) is 10.9 Å².